The van der Waals surface area contributed by atoms with E-state index in [0.717, 1.165) is 11.5 Å². The van der Waals surface area contributed by atoms with Gasteiger partial charge in [0.1, 0.15) is 0 Å². The van der Waals surface area contributed by atoms with E-state index in [4.69, 9.17) is 17.3 Å². The lowest BCUT2D eigenvalue weighted by Gasteiger charge is -2.02. The highest BCUT2D eigenvalue weighted by Gasteiger charge is 2.10. The van der Waals surface area contributed by atoms with Gasteiger partial charge in [-0.3, -0.25) is 10.1 Å². The monoisotopic (exact) mass is 293 g/mol. The van der Waals surface area contributed by atoms with Gasteiger partial charge >= 0.3 is 0 Å². The molecule has 0 aliphatic rings. The first-order chi connectivity index (χ1) is 9.20. The van der Waals surface area contributed by atoms with Crippen molar-refractivity contribution in [2.45, 2.75) is 0 Å². The Morgan fingerprint density at radius 1 is 1.53 bits per heavy atom. The topological polar surface area (TPSA) is 93.8 Å². The number of benzene rings is 1. The molecule has 0 aliphatic carbocycles. The van der Waals surface area contributed by atoms with Gasteiger partial charge in [-0.25, -0.2) is 0 Å². The highest BCUT2D eigenvalue weighted by atomic mass is 35.5. The molecule has 0 fully saturated rings. The predicted octanol–water partition coefficient (Wildman–Crippen LogP) is 1.15. The molecule has 0 saturated carbocycles. The number of nitrogens with zero attached hydrogens (tertiary/aromatic N) is 3. The molecular formula is C11H8ClN5OS. The van der Waals surface area contributed by atoms with Crippen molar-refractivity contribution in [2.75, 3.05) is 11.9 Å². The normalized spacial score (nSPS) is 9.58. The average Bonchev–Trinajstić information content (AvgIpc) is 2.90. The van der Waals surface area contributed by atoms with E-state index in [1.807, 2.05) is 0 Å². The molecule has 1 amide bonds. The molecule has 2 rings (SSSR count). The third kappa shape index (κ3) is 3.48. The van der Waals surface area contributed by atoms with Crippen molar-refractivity contribution in [3.8, 4) is 11.8 Å². The molecule has 1 aromatic heterocycles. The molecule has 6 nitrogen and oxygen atoms in total. The summed E-state index contributed by atoms with van der Waals surface area (Å²) in [6.45, 7) is 0.253. The summed E-state index contributed by atoms with van der Waals surface area (Å²) in [6, 6.07) is 4.82. The van der Waals surface area contributed by atoms with Crippen molar-refractivity contribution < 1.29 is 4.79 Å². The van der Waals surface area contributed by atoms with Crippen LogP contribution in [-0.4, -0.2) is 27.3 Å². The molecular weight excluding hydrogens is 286 g/mol. The van der Waals surface area contributed by atoms with E-state index < -0.39 is 0 Å². The lowest BCUT2D eigenvalue weighted by Crippen LogP contribution is -2.11. The second-order valence-corrected chi connectivity index (χ2v) is 4.46. The quantitative estimate of drug-likeness (QED) is 0.810. The van der Waals surface area contributed by atoms with E-state index in [2.05, 4.69) is 32.0 Å². The third-order valence-electron chi connectivity index (χ3n) is 2.08. The van der Waals surface area contributed by atoms with Crippen LogP contribution in [0.2, 0.25) is 5.02 Å². The standard InChI is InChI=1S/C11H8ClN5OS/c12-9-6-8(4-3-7(9)2-1-5-13)10(18)14-11-15-16-17-19-11/h3-4,6H,5,13H2,(H,14,15,17,18). The third-order valence-corrected chi connectivity index (χ3v) is 2.90. The van der Waals surface area contributed by atoms with Gasteiger partial charge in [-0.05, 0) is 23.4 Å². The molecule has 1 aromatic carbocycles. The van der Waals surface area contributed by atoms with Crippen LogP contribution in [0.25, 0.3) is 0 Å². The smallest absolute Gasteiger partial charge is 0.257 e. The number of hydrogen-bond acceptors (Lipinski definition) is 6. The van der Waals surface area contributed by atoms with Gasteiger partial charge in [0, 0.05) is 22.7 Å². The van der Waals surface area contributed by atoms with E-state index >= 15 is 0 Å². The number of carbonyl (C=O) groups is 1. The van der Waals surface area contributed by atoms with Gasteiger partial charge in [-0.2, -0.15) is 0 Å². The maximum Gasteiger partial charge on any atom is 0.257 e. The number of amides is 1. The highest BCUT2D eigenvalue weighted by Crippen LogP contribution is 2.18. The van der Waals surface area contributed by atoms with Crippen LogP contribution in [0.3, 0.4) is 0 Å². The zero-order valence-corrected chi connectivity index (χ0v) is 11.1. The molecule has 0 radical (unpaired) electrons. The van der Waals surface area contributed by atoms with Crippen LogP contribution in [0.1, 0.15) is 15.9 Å². The van der Waals surface area contributed by atoms with Crippen LogP contribution in [0.4, 0.5) is 5.13 Å². The summed E-state index contributed by atoms with van der Waals surface area (Å²) < 4.78 is 3.54. The molecule has 0 unspecified atom stereocenters. The minimum absolute atomic E-state index is 0.253. The van der Waals surface area contributed by atoms with Crippen LogP contribution >= 0.6 is 23.1 Å². The molecule has 2 aromatic rings. The van der Waals surface area contributed by atoms with Gasteiger partial charge in [0.15, 0.2) is 0 Å². The number of nitrogens with one attached hydrogen (secondary N) is 1. The molecule has 19 heavy (non-hydrogen) atoms. The second kappa shape index (κ2) is 6.24. The number of rotatable bonds is 2. The average molecular weight is 294 g/mol. The van der Waals surface area contributed by atoms with Crippen molar-refractivity contribution in [2.24, 2.45) is 5.73 Å². The summed E-state index contributed by atoms with van der Waals surface area (Å²) in [5.74, 6) is 5.18. The summed E-state index contributed by atoms with van der Waals surface area (Å²) in [6.07, 6.45) is 0. The molecule has 0 aliphatic heterocycles. The van der Waals surface area contributed by atoms with Gasteiger partial charge in [0.05, 0.1) is 11.6 Å². The van der Waals surface area contributed by atoms with Crippen LogP contribution in [0.15, 0.2) is 18.2 Å². The van der Waals surface area contributed by atoms with Crippen molar-refractivity contribution in [1.82, 2.24) is 14.8 Å². The summed E-state index contributed by atoms with van der Waals surface area (Å²) >= 11 is 7.02. The van der Waals surface area contributed by atoms with E-state index in [1.54, 1.807) is 12.1 Å². The van der Waals surface area contributed by atoms with Crippen molar-refractivity contribution >= 4 is 34.2 Å². The Kier molecular flexibility index (Phi) is 4.41. The fraction of sp³-hybridized carbons (Fsp3) is 0.0909. The lowest BCUT2D eigenvalue weighted by molar-refractivity contribution is 0.102. The Labute approximate surface area is 118 Å². The second-order valence-electron chi connectivity index (χ2n) is 3.32. The Bertz CT molecular complexity index is 647. The molecule has 8 heteroatoms. The molecule has 0 spiro atoms. The Hall–Kier alpha value is -2.01. The zero-order valence-electron chi connectivity index (χ0n) is 9.55. The van der Waals surface area contributed by atoms with E-state index in [9.17, 15) is 4.79 Å². The maximum atomic E-state index is 11.9. The number of carbonyl (C=O) groups excluding carboxylic acids is 1. The Morgan fingerprint density at radius 2 is 2.37 bits per heavy atom. The lowest BCUT2D eigenvalue weighted by atomic mass is 10.1. The Balaban J connectivity index is 2.17. The minimum atomic E-state index is -0.334. The van der Waals surface area contributed by atoms with Crippen molar-refractivity contribution in [3.05, 3.63) is 34.3 Å². The van der Waals surface area contributed by atoms with Crippen molar-refractivity contribution in [1.29, 1.82) is 0 Å². The van der Waals surface area contributed by atoms with Crippen LogP contribution in [0.5, 0.6) is 0 Å². The van der Waals surface area contributed by atoms with Gasteiger partial charge in [0.2, 0.25) is 5.13 Å². The Morgan fingerprint density at radius 3 is 3.00 bits per heavy atom. The first-order valence-corrected chi connectivity index (χ1v) is 6.30. The number of hydrogen-bond donors (Lipinski definition) is 2. The summed E-state index contributed by atoms with van der Waals surface area (Å²) in [5.41, 5.74) is 6.31. The summed E-state index contributed by atoms with van der Waals surface area (Å²) in [4.78, 5) is 11.9. The molecule has 0 atom stereocenters. The fourth-order valence-corrected chi connectivity index (χ4v) is 1.84. The molecule has 0 bridgehead atoms. The highest BCUT2D eigenvalue weighted by molar-refractivity contribution is 7.09. The van der Waals surface area contributed by atoms with Crippen LogP contribution in [0, 0.1) is 11.8 Å². The van der Waals surface area contributed by atoms with Crippen LogP contribution in [-0.2, 0) is 0 Å². The summed E-state index contributed by atoms with van der Waals surface area (Å²) in [7, 11) is 0. The fourth-order valence-electron chi connectivity index (χ4n) is 1.26. The maximum absolute atomic E-state index is 11.9. The predicted molar refractivity (Wildman–Crippen MR) is 73.0 cm³/mol. The van der Waals surface area contributed by atoms with Gasteiger partial charge in [-0.1, -0.05) is 33.0 Å². The minimum Gasteiger partial charge on any atom is -0.320 e. The van der Waals surface area contributed by atoms with E-state index in [-0.39, 0.29) is 12.5 Å². The largest absolute Gasteiger partial charge is 0.320 e. The van der Waals surface area contributed by atoms with E-state index in [1.165, 1.54) is 6.07 Å². The number of anilines is 1. The van der Waals surface area contributed by atoms with Gasteiger partial charge < -0.3 is 5.73 Å². The molecule has 0 saturated heterocycles. The first kappa shape index (κ1) is 13.4. The first-order valence-electron chi connectivity index (χ1n) is 5.15. The number of nitrogens with two attached hydrogens (primary N) is 1. The molecule has 96 valence electrons. The van der Waals surface area contributed by atoms with Gasteiger partial charge in [-0.15, -0.1) is 0 Å². The summed E-state index contributed by atoms with van der Waals surface area (Å²) in [5, 5.41) is 10.3. The van der Waals surface area contributed by atoms with Crippen LogP contribution < -0.4 is 11.1 Å². The van der Waals surface area contributed by atoms with E-state index in [0.29, 0.717) is 21.3 Å². The SMILES string of the molecule is NCC#Cc1ccc(C(=O)Nc2nnns2)cc1Cl. The van der Waals surface area contributed by atoms with Crippen molar-refractivity contribution in [3.63, 3.8) is 0 Å². The molecule has 3 N–H and O–H groups in total. The number of aromatic nitrogens is 3. The zero-order chi connectivity index (χ0) is 13.7. The molecule has 1 heterocycles. The number of halogens is 1. The van der Waals surface area contributed by atoms with Gasteiger partial charge in [0.25, 0.3) is 5.91 Å².